The molecule has 0 aliphatic carbocycles. The van der Waals surface area contributed by atoms with Gasteiger partial charge in [0.15, 0.2) is 0 Å². The number of ether oxygens (including phenoxy) is 2. The van der Waals surface area contributed by atoms with Crippen LogP contribution in [0, 0.1) is 5.92 Å². The summed E-state index contributed by atoms with van der Waals surface area (Å²) in [6.07, 6.45) is 2.71. The minimum atomic E-state index is -0.307. The Hall–Kier alpha value is -2.61. The summed E-state index contributed by atoms with van der Waals surface area (Å²) in [5.41, 5.74) is 0.794. The lowest BCUT2D eigenvalue weighted by Crippen LogP contribution is -2.37. The van der Waals surface area contributed by atoms with Crippen molar-refractivity contribution in [3.05, 3.63) is 35.8 Å². The lowest BCUT2D eigenvalue weighted by Gasteiger charge is -2.21. The van der Waals surface area contributed by atoms with E-state index in [-0.39, 0.29) is 30.3 Å². The molecule has 2 aliphatic heterocycles. The second-order valence-corrected chi connectivity index (χ2v) is 7.57. The van der Waals surface area contributed by atoms with Gasteiger partial charge in [0.1, 0.15) is 11.9 Å². The van der Waals surface area contributed by atoms with Gasteiger partial charge in [-0.2, -0.15) is 0 Å². The van der Waals surface area contributed by atoms with Gasteiger partial charge in [0, 0.05) is 43.2 Å². The Morgan fingerprint density at radius 2 is 2.07 bits per heavy atom. The van der Waals surface area contributed by atoms with Crippen LogP contribution in [0.4, 0.5) is 5.69 Å². The Kier molecular flexibility index (Phi) is 4.98. The predicted octanol–water partition coefficient (Wildman–Crippen LogP) is 2.18. The fourth-order valence-corrected chi connectivity index (χ4v) is 4.13. The third-order valence-electron chi connectivity index (χ3n) is 4.99. The van der Waals surface area contributed by atoms with E-state index in [0.717, 1.165) is 17.9 Å². The number of methoxy groups -OCH3 is 1. The monoisotopic (exact) mass is 387 g/mol. The average molecular weight is 387 g/mol. The molecule has 0 bridgehead atoms. The van der Waals surface area contributed by atoms with Crippen LogP contribution in [0.2, 0.25) is 0 Å². The summed E-state index contributed by atoms with van der Waals surface area (Å²) < 4.78 is 11.0. The molecule has 2 unspecified atom stereocenters. The molecule has 0 N–H and O–H groups in total. The van der Waals surface area contributed by atoms with Gasteiger partial charge in [-0.3, -0.25) is 9.59 Å². The summed E-state index contributed by atoms with van der Waals surface area (Å²) in [5, 5.41) is 2.50. The largest absolute Gasteiger partial charge is 0.497 e. The quantitative estimate of drug-likeness (QED) is 0.786. The number of hydrogen-bond donors (Lipinski definition) is 0. The number of likely N-dealkylation sites (tertiary alicyclic amines) is 1. The highest BCUT2D eigenvalue weighted by Crippen LogP contribution is 2.29. The van der Waals surface area contributed by atoms with Crippen molar-refractivity contribution in [1.82, 2.24) is 9.88 Å². The van der Waals surface area contributed by atoms with Gasteiger partial charge in [0.25, 0.3) is 5.19 Å². The van der Waals surface area contributed by atoms with E-state index in [1.165, 1.54) is 11.3 Å². The van der Waals surface area contributed by atoms with Gasteiger partial charge in [-0.05, 0) is 24.3 Å². The molecule has 8 heteroatoms. The molecule has 2 amide bonds. The van der Waals surface area contributed by atoms with Gasteiger partial charge in [-0.25, -0.2) is 4.98 Å². The molecule has 2 aliphatic rings. The van der Waals surface area contributed by atoms with Crippen LogP contribution in [-0.2, 0) is 9.59 Å². The van der Waals surface area contributed by atoms with Crippen LogP contribution in [0.15, 0.2) is 35.8 Å². The SMILES string of the molecule is COc1ccc(N2CC(C(=O)N3CCC(Oc4nccs4)C3)CC2=O)cc1. The molecule has 3 heterocycles. The lowest BCUT2D eigenvalue weighted by atomic mass is 10.1. The summed E-state index contributed by atoms with van der Waals surface area (Å²) in [4.78, 5) is 32.9. The van der Waals surface area contributed by atoms with Gasteiger partial charge >= 0.3 is 0 Å². The standard InChI is InChI=1S/C19H21N3O4S/c1-25-15-4-2-14(3-5-15)22-11-13(10-17(22)23)18(24)21-8-6-16(12-21)26-19-20-7-9-27-19/h2-5,7,9,13,16H,6,8,10-12H2,1H3. The summed E-state index contributed by atoms with van der Waals surface area (Å²) in [6.45, 7) is 1.62. The van der Waals surface area contributed by atoms with Crippen LogP contribution in [-0.4, -0.2) is 54.5 Å². The van der Waals surface area contributed by atoms with Crippen molar-refractivity contribution in [2.45, 2.75) is 18.9 Å². The van der Waals surface area contributed by atoms with E-state index >= 15 is 0 Å². The van der Waals surface area contributed by atoms with Crippen molar-refractivity contribution >= 4 is 28.8 Å². The Morgan fingerprint density at radius 3 is 2.78 bits per heavy atom. The third-order valence-corrected chi connectivity index (χ3v) is 5.65. The Morgan fingerprint density at radius 1 is 1.26 bits per heavy atom. The van der Waals surface area contributed by atoms with Gasteiger partial charge in [-0.15, -0.1) is 0 Å². The van der Waals surface area contributed by atoms with Crippen LogP contribution in [0.1, 0.15) is 12.8 Å². The first-order valence-electron chi connectivity index (χ1n) is 8.93. The second-order valence-electron chi connectivity index (χ2n) is 6.71. The number of nitrogens with zero attached hydrogens (tertiary/aromatic N) is 3. The Bertz CT molecular complexity index is 809. The fourth-order valence-electron chi connectivity index (χ4n) is 3.58. The van der Waals surface area contributed by atoms with Crippen molar-refractivity contribution in [3.8, 4) is 10.9 Å². The molecule has 4 rings (SSSR count). The maximum atomic E-state index is 12.9. The van der Waals surface area contributed by atoms with E-state index < -0.39 is 0 Å². The smallest absolute Gasteiger partial charge is 0.273 e. The van der Waals surface area contributed by atoms with E-state index in [0.29, 0.717) is 24.8 Å². The molecule has 1 aromatic carbocycles. The van der Waals surface area contributed by atoms with Crippen LogP contribution in [0.3, 0.4) is 0 Å². The topological polar surface area (TPSA) is 72.0 Å². The first-order chi connectivity index (χ1) is 13.1. The molecule has 2 aromatic rings. The summed E-state index contributed by atoms with van der Waals surface area (Å²) in [7, 11) is 1.60. The zero-order valence-electron chi connectivity index (χ0n) is 15.0. The van der Waals surface area contributed by atoms with E-state index in [9.17, 15) is 9.59 Å². The average Bonchev–Trinajstić information content (AvgIpc) is 3.43. The molecule has 1 aromatic heterocycles. The van der Waals surface area contributed by atoms with Crippen molar-refractivity contribution in [2.24, 2.45) is 5.92 Å². The predicted molar refractivity (Wildman–Crippen MR) is 101 cm³/mol. The number of carbonyl (C=O) groups is 2. The molecule has 2 atom stereocenters. The second kappa shape index (κ2) is 7.56. The molecule has 0 saturated carbocycles. The van der Waals surface area contributed by atoms with E-state index in [1.54, 1.807) is 18.2 Å². The number of benzene rings is 1. The summed E-state index contributed by atoms with van der Waals surface area (Å²) >= 11 is 1.45. The molecular formula is C19H21N3O4S. The normalized spacial score (nSPS) is 22.3. The number of aromatic nitrogens is 1. The van der Waals surface area contributed by atoms with Crippen molar-refractivity contribution in [2.75, 3.05) is 31.6 Å². The zero-order valence-corrected chi connectivity index (χ0v) is 15.9. The Labute approximate surface area is 161 Å². The van der Waals surface area contributed by atoms with Crippen molar-refractivity contribution in [1.29, 1.82) is 0 Å². The number of rotatable bonds is 5. The number of anilines is 1. The highest BCUT2D eigenvalue weighted by atomic mass is 32.1. The highest BCUT2D eigenvalue weighted by molar-refractivity contribution is 7.11. The van der Waals surface area contributed by atoms with E-state index in [1.807, 2.05) is 34.5 Å². The fraction of sp³-hybridized carbons (Fsp3) is 0.421. The first-order valence-corrected chi connectivity index (χ1v) is 9.81. The minimum absolute atomic E-state index is 0.0201. The van der Waals surface area contributed by atoms with E-state index in [4.69, 9.17) is 9.47 Å². The van der Waals surface area contributed by atoms with Crippen molar-refractivity contribution < 1.29 is 19.1 Å². The number of thiazole rings is 1. The highest BCUT2D eigenvalue weighted by Gasteiger charge is 2.39. The molecule has 2 fully saturated rings. The maximum Gasteiger partial charge on any atom is 0.273 e. The lowest BCUT2D eigenvalue weighted by molar-refractivity contribution is -0.135. The van der Waals surface area contributed by atoms with Crippen LogP contribution >= 0.6 is 11.3 Å². The number of hydrogen-bond acceptors (Lipinski definition) is 6. The Balaban J connectivity index is 1.36. The van der Waals surface area contributed by atoms with Crippen LogP contribution < -0.4 is 14.4 Å². The van der Waals surface area contributed by atoms with Gasteiger partial charge in [-0.1, -0.05) is 11.3 Å². The number of amides is 2. The minimum Gasteiger partial charge on any atom is -0.497 e. The molecule has 0 spiro atoms. The van der Waals surface area contributed by atoms with Crippen LogP contribution in [0.5, 0.6) is 10.9 Å². The molecule has 2 saturated heterocycles. The molecule has 142 valence electrons. The summed E-state index contributed by atoms with van der Waals surface area (Å²) in [6, 6.07) is 7.33. The molecule has 0 radical (unpaired) electrons. The zero-order chi connectivity index (χ0) is 18.8. The molecular weight excluding hydrogens is 366 g/mol. The third kappa shape index (κ3) is 3.75. The maximum absolute atomic E-state index is 12.9. The van der Waals surface area contributed by atoms with Gasteiger partial charge < -0.3 is 19.3 Å². The molecule has 7 nitrogen and oxygen atoms in total. The van der Waals surface area contributed by atoms with Crippen molar-refractivity contribution in [3.63, 3.8) is 0 Å². The first kappa shape index (κ1) is 17.8. The summed E-state index contributed by atoms with van der Waals surface area (Å²) in [5.74, 6) is 0.442. The van der Waals surface area contributed by atoms with E-state index in [2.05, 4.69) is 4.98 Å². The van der Waals surface area contributed by atoms with Gasteiger partial charge in [0.05, 0.1) is 19.6 Å². The van der Waals surface area contributed by atoms with Crippen LogP contribution in [0.25, 0.3) is 0 Å². The number of carbonyl (C=O) groups excluding carboxylic acids is 2. The van der Waals surface area contributed by atoms with Gasteiger partial charge in [0.2, 0.25) is 11.8 Å². The molecule has 27 heavy (non-hydrogen) atoms.